The van der Waals surface area contributed by atoms with Gasteiger partial charge in [0.05, 0.1) is 0 Å². The second-order valence-electron chi connectivity index (χ2n) is 5.13. The van der Waals surface area contributed by atoms with Crippen LogP contribution in [0.25, 0.3) is 0 Å². The van der Waals surface area contributed by atoms with Crippen LogP contribution in [-0.4, -0.2) is 45.5 Å². The first-order valence-corrected chi connectivity index (χ1v) is 6.53. The lowest BCUT2D eigenvalue weighted by Gasteiger charge is -2.37. The first-order valence-electron chi connectivity index (χ1n) is 6.53. The molecule has 7 heteroatoms. The molecule has 7 nitrogen and oxygen atoms in total. The van der Waals surface area contributed by atoms with Crippen LogP contribution < -0.4 is 5.32 Å². The fourth-order valence-electron chi connectivity index (χ4n) is 2.42. The van der Waals surface area contributed by atoms with Crippen LogP contribution in [0.1, 0.15) is 25.6 Å². The Balaban J connectivity index is 1.69. The van der Waals surface area contributed by atoms with E-state index in [2.05, 4.69) is 20.0 Å². The average Bonchev–Trinajstić information content (AvgIpc) is 3.10. The summed E-state index contributed by atoms with van der Waals surface area (Å²) >= 11 is 0. The van der Waals surface area contributed by atoms with Crippen LogP contribution in [0.2, 0.25) is 0 Å². The van der Waals surface area contributed by atoms with Crippen molar-refractivity contribution in [2.75, 3.05) is 6.54 Å². The summed E-state index contributed by atoms with van der Waals surface area (Å²) in [5, 5.41) is 6.53. The molecule has 0 bridgehead atoms. The van der Waals surface area contributed by atoms with E-state index in [1.54, 1.807) is 11.8 Å². The fraction of sp³-hybridized carbons (Fsp3) is 0.667. The highest BCUT2D eigenvalue weighted by Crippen LogP contribution is 2.35. The van der Waals surface area contributed by atoms with Gasteiger partial charge in [0.2, 0.25) is 18.2 Å². The number of carbonyl (C=O) groups is 2. The first-order chi connectivity index (χ1) is 9.16. The number of carbonyl (C=O) groups excluding carboxylic acids is 2. The van der Waals surface area contributed by atoms with E-state index in [4.69, 9.17) is 0 Å². The predicted octanol–water partition coefficient (Wildman–Crippen LogP) is -0.262. The van der Waals surface area contributed by atoms with Crippen LogP contribution in [0.4, 0.5) is 0 Å². The number of piperazine rings is 1. The summed E-state index contributed by atoms with van der Waals surface area (Å²) in [7, 11) is 0. The Morgan fingerprint density at radius 3 is 2.89 bits per heavy atom. The van der Waals surface area contributed by atoms with Gasteiger partial charge in [0, 0.05) is 13.0 Å². The van der Waals surface area contributed by atoms with E-state index < -0.39 is 6.04 Å². The summed E-state index contributed by atoms with van der Waals surface area (Å²) in [4.78, 5) is 29.8. The number of nitrogens with one attached hydrogen (secondary N) is 1. The van der Waals surface area contributed by atoms with E-state index in [0.717, 1.165) is 12.8 Å². The van der Waals surface area contributed by atoms with Crippen molar-refractivity contribution in [1.82, 2.24) is 20.4 Å². The standard InChI is InChI=1S/C12H16N4O3/c1-7-11(17)14-10(8-2-3-8)12(18)16(7)5-4-9-13-6-19-15-9/h6-8,10H,2-5H2,1H3,(H,14,17). The van der Waals surface area contributed by atoms with Crippen LogP contribution in [0, 0.1) is 5.92 Å². The van der Waals surface area contributed by atoms with E-state index in [1.165, 1.54) is 6.39 Å². The molecule has 3 rings (SSSR count). The van der Waals surface area contributed by atoms with Crippen LogP contribution in [0.5, 0.6) is 0 Å². The Hall–Kier alpha value is -1.92. The summed E-state index contributed by atoms with van der Waals surface area (Å²) in [5.41, 5.74) is 0. The van der Waals surface area contributed by atoms with Crippen molar-refractivity contribution in [3.05, 3.63) is 12.2 Å². The van der Waals surface area contributed by atoms with Crippen molar-refractivity contribution >= 4 is 11.8 Å². The molecular weight excluding hydrogens is 248 g/mol. The second kappa shape index (κ2) is 4.64. The summed E-state index contributed by atoms with van der Waals surface area (Å²) in [6.45, 7) is 2.18. The van der Waals surface area contributed by atoms with E-state index in [-0.39, 0.29) is 17.9 Å². The molecule has 2 amide bonds. The monoisotopic (exact) mass is 264 g/mol. The van der Waals surface area contributed by atoms with Crippen molar-refractivity contribution in [2.45, 2.75) is 38.3 Å². The maximum atomic E-state index is 12.4. The molecule has 0 spiro atoms. The SMILES string of the molecule is CC1C(=O)NC(C2CC2)C(=O)N1CCc1ncon1. The lowest BCUT2D eigenvalue weighted by Crippen LogP contribution is -2.63. The van der Waals surface area contributed by atoms with Crippen molar-refractivity contribution in [1.29, 1.82) is 0 Å². The molecule has 0 radical (unpaired) electrons. The quantitative estimate of drug-likeness (QED) is 0.809. The number of amides is 2. The third kappa shape index (κ3) is 2.32. The fourth-order valence-corrected chi connectivity index (χ4v) is 2.42. The predicted molar refractivity (Wildman–Crippen MR) is 63.8 cm³/mol. The lowest BCUT2D eigenvalue weighted by atomic mass is 10.0. The van der Waals surface area contributed by atoms with Gasteiger partial charge in [-0.05, 0) is 25.7 Å². The Morgan fingerprint density at radius 1 is 1.47 bits per heavy atom. The highest BCUT2D eigenvalue weighted by molar-refractivity contribution is 5.97. The van der Waals surface area contributed by atoms with Gasteiger partial charge in [0.25, 0.3) is 0 Å². The maximum absolute atomic E-state index is 12.4. The molecule has 1 saturated carbocycles. The summed E-state index contributed by atoms with van der Waals surface area (Å²) in [6.07, 6.45) is 3.79. The minimum Gasteiger partial charge on any atom is -0.343 e. The van der Waals surface area contributed by atoms with Crippen LogP contribution in [0.3, 0.4) is 0 Å². The van der Waals surface area contributed by atoms with Gasteiger partial charge in [0.15, 0.2) is 5.82 Å². The van der Waals surface area contributed by atoms with E-state index in [9.17, 15) is 9.59 Å². The molecule has 2 fully saturated rings. The topological polar surface area (TPSA) is 88.3 Å². The molecule has 1 saturated heterocycles. The molecule has 1 aliphatic carbocycles. The average molecular weight is 264 g/mol. The zero-order chi connectivity index (χ0) is 13.4. The van der Waals surface area contributed by atoms with E-state index in [1.807, 2.05) is 0 Å². The molecule has 2 aliphatic rings. The van der Waals surface area contributed by atoms with Crippen LogP contribution in [0.15, 0.2) is 10.9 Å². The van der Waals surface area contributed by atoms with E-state index >= 15 is 0 Å². The molecule has 2 unspecified atom stereocenters. The van der Waals surface area contributed by atoms with Gasteiger partial charge < -0.3 is 14.7 Å². The Kier molecular flexibility index (Phi) is 2.96. The molecule has 1 aromatic rings. The number of aromatic nitrogens is 2. The number of hydrogen-bond acceptors (Lipinski definition) is 5. The summed E-state index contributed by atoms with van der Waals surface area (Å²) in [5.74, 6) is 0.799. The van der Waals surface area contributed by atoms with Crippen LogP contribution in [-0.2, 0) is 16.0 Å². The largest absolute Gasteiger partial charge is 0.343 e. The van der Waals surface area contributed by atoms with Crippen molar-refractivity contribution < 1.29 is 14.1 Å². The molecule has 2 atom stereocenters. The van der Waals surface area contributed by atoms with Gasteiger partial charge in [-0.25, -0.2) is 0 Å². The number of hydrogen-bond donors (Lipinski definition) is 1. The Bertz CT molecular complexity index is 483. The highest BCUT2D eigenvalue weighted by atomic mass is 16.5. The van der Waals surface area contributed by atoms with Gasteiger partial charge in [-0.3, -0.25) is 9.59 Å². The first kappa shape index (κ1) is 12.1. The van der Waals surface area contributed by atoms with Gasteiger partial charge in [-0.15, -0.1) is 0 Å². The molecular formula is C12H16N4O3. The summed E-state index contributed by atoms with van der Waals surface area (Å²) < 4.78 is 4.65. The van der Waals surface area contributed by atoms with Gasteiger partial charge >= 0.3 is 0 Å². The van der Waals surface area contributed by atoms with E-state index in [0.29, 0.717) is 24.7 Å². The van der Waals surface area contributed by atoms with Gasteiger partial charge in [-0.2, -0.15) is 4.98 Å². The zero-order valence-corrected chi connectivity index (χ0v) is 10.7. The Morgan fingerprint density at radius 2 is 2.26 bits per heavy atom. The van der Waals surface area contributed by atoms with Crippen LogP contribution >= 0.6 is 0 Å². The van der Waals surface area contributed by atoms with Crippen molar-refractivity contribution in [3.63, 3.8) is 0 Å². The molecule has 1 N–H and O–H groups in total. The number of nitrogens with zero attached hydrogens (tertiary/aromatic N) is 3. The molecule has 1 aliphatic heterocycles. The summed E-state index contributed by atoms with van der Waals surface area (Å²) in [6, 6.07) is -0.775. The van der Waals surface area contributed by atoms with Gasteiger partial charge in [0.1, 0.15) is 12.1 Å². The van der Waals surface area contributed by atoms with Crippen molar-refractivity contribution in [2.24, 2.45) is 5.92 Å². The maximum Gasteiger partial charge on any atom is 0.246 e. The van der Waals surface area contributed by atoms with Gasteiger partial charge in [-0.1, -0.05) is 5.16 Å². The third-order valence-corrected chi connectivity index (χ3v) is 3.77. The molecule has 19 heavy (non-hydrogen) atoms. The second-order valence-corrected chi connectivity index (χ2v) is 5.13. The normalized spacial score (nSPS) is 27.5. The minimum atomic E-state index is -0.436. The number of rotatable bonds is 4. The third-order valence-electron chi connectivity index (χ3n) is 3.77. The highest BCUT2D eigenvalue weighted by Gasteiger charge is 2.45. The smallest absolute Gasteiger partial charge is 0.246 e. The molecule has 1 aromatic heterocycles. The molecule has 0 aromatic carbocycles. The molecule has 2 heterocycles. The Labute approximate surface area is 110 Å². The van der Waals surface area contributed by atoms with Crippen molar-refractivity contribution in [3.8, 4) is 0 Å². The zero-order valence-electron chi connectivity index (χ0n) is 10.7. The minimum absolute atomic E-state index is 0.0121. The lowest BCUT2D eigenvalue weighted by molar-refractivity contribution is -0.149. The molecule has 102 valence electrons.